The van der Waals surface area contributed by atoms with Crippen molar-refractivity contribution in [2.45, 2.75) is 70.5 Å². The van der Waals surface area contributed by atoms with Gasteiger partial charge in [0.05, 0.1) is 12.0 Å². The molecule has 0 radical (unpaired) electrons. The maximum absolute atomic E-state index is 12.6. The van der Waals surface area contributed by atoms with Gasteiger partial charge in [-0.3, -0.25) is 4.79 Å². The highest BCUT2D eigenvalue weighted by Crippen LogP contribution is 2.62. The van der Waals surface area contributed by atoms with Crippen molar-refractivity contribution < 1.29 is 19.2 Å². The van der Waals surface area contributed by atoms with Crippen LogP contribution in [0.25, 0.3) is 11.4 Å². The maximum atomic E-state index is 12.6. The summed E-state index contributed by atoms with van der Waals surface area (Å²) in [6, 6.07) is 8.03. The fourth-order valence-electron chi connectivity index (χ4n) is 6.43. The van der Waals surface area contributed by atoms with Crippen molar-refractivity contribution in [3.8, 4) is 11.4 Å². The van der Waals surface area contributed by atoms with Crippen LogP contribution in [0.1, 0.15) is 63.3 Å². The van der Waals surface area contributed by atoms with Crippen LogP contribution in [0.2, 0.25) is 0 Å². The van der Waals surface area contributed by atoms with Crippen LogP contribution < -0.4 is 0 Å². The van der Waals surface area contributed by atoms with Crippen LogP contribution in [-0.4, -0.2) is 26.8 Å². The number of carbonyl (C=O) groups is 1. The van der Waals surface area contributed by atoms with E-state index >= 15 is 0 Å². The molecule has 29 heavy (non-hydrogen) atoms. The first-order chi connectivity index (χ1) is 13.9. The number of aromatic nitrogens is 2. The average molecular weight is 396 g/mol. The van der Waals surface area contributed by atoms with Crippen molar-refractivity contribution in [2.75, 3.05) is 0 Å². The molecule has 1 N–H and O–H groups in total. The third-order valence-corrected chi connectivity index (χ3v) is 7.12. The van der Waals surface area contributed by atoms with E-state index in [4.69, 9.17) is 9.26 Å². The van der Waals surface area contributed by atoms with E-state index in [9.17, 15) is 9.90 Å². The summed E-state index contributed by atoms with van der Waals surface area (Å²) in [5.74, 6) is 1.69. The lowest BCUT2D eigenvalue weighted by molar-refractivity contribution is -0.177. The molecule has 1 heterocycles. The van der Waals surface area contributed by atoms with E-state index in [-0.39, 0.29) is 18.0 Å². The molecule has 6 nitrogen and oxygen atoms in total. The number of aliphatic hydroxyl groups is 1. The fraction of sp³-hybridized carbons (Fsp3) is 0.609. The molecule has 1 aromatic carbocycles. The van der Waals surface area contributed by atoms with Gasteiger partial charge in [-0.25, -0.2) is 0 Å². The van der Waals surface area contributed by atoms with Crippen molar-refractivity contribution in [1.29, 1.82) is 0 Å². The predicted molar refractivity (Wildman–Crippen MR) is 106 cm³/mol. The molecule has 4 atom stereocenters. The maximum Gasteiger partial charge on any atom is 0.306 e. The molecule has 4 saturated carbocycles. The van der Waals surface area contributed by atoms with Gasteiger partial charge >= 0.3 is 5.97 Å². The number of esters is 1. The van der Waals surface area contributed by atoms with E-state index < -0.39 is 5.60 Å². The van der Waals surface area contributed by atoms with Crippen LogP contribution in [0.15, 0.2) is 28.8 Å². The number of rotatable bonds is 6. The van der Waals surface area contributed by atoms with Gasteiger partial charge in [-0.15, -0.1) is 0 Å². The molecule has 0 spiro atoms. The number of ether oxygens (including phenoxy) is 1. The van der Waals surface area contributed by atoms with E-state index in [1.807, 2.05) is 24.3 Å². The molecule has 6 heteroatoms. The quantitative estimate of drug-likeness (QED) is 0.741. The van der Waals surface area contributed by atoms with Crippen LogP contribution in [0.3, 0.4) is 0 Å². The van der Waals surface area contributed by atoms with Crippen molar-refractivity contribution in [1.82, 2.24) is 10.1 Å². The predicted octanol–water partition coefficient (Wildman–Crippen LogP) is 4.06. The first-order valence-electron chi connectivity index (χ1n) is 10.7. The lowest BCUT2D eigenvalue weighted by Crippen LogP contribution is -2.56. The van der Waals surface area contributed by atoms with E-state index in [0.29, 0.717) is 30.0 Å². The first-order valence-corrected chi connectivity index (χ1v) is 10.7. The molecule has 0 amide bonds. The molecule has 0 saturated heterocycles. The zero-order valence-electron chi connectivity index (χ0n) is 16.9. The Morgan fingerprint density at radius 1 is 1.21 bits per heavy atom. The van der Waals surface area contributed by atoms with Gasteiger partial charge in [-0.05, 0) is 67.8 Å². The minimum absolute atomic E-state index is 0.00786. The molecule has 0 aliphatic heterocycles. The summed E-state index contributed by atoms with van der Waals surface area (Å²) >= 11 is 0. The molecule has 4 bridgehead atoms. The van der Waals surface area contributed by atoms with Crippen LogP contribution in [0, 0.1) is 17.3 Å². The molecule has 4 aliphatic carbocycles. The molecule has 154 valence electrons. The normalized spacial score (nSPS) is 32.5. The lowest BCUT2D eigenvalue weighted by Gasteiger charge is -2.60. The molecule has 2 aromatic rings. The Morgan fingerprint density at radius 2 is 1.93 bits per heavy atom. The van der Waals surface area contributed by atoms with E-state index in [1.165, 1.54) is 12.0 Å². The second-order valence-electron chi connectivity index (χ2n) is 9.59. The van der Waals surface area contributed by atoms with Crippen LogP contribution in [-0.2, 0) is 22.6 Å². The van der Waals surface area contributed by atoms with Crippen LogP contribution in [0.5, 0.6) is 0 Å². The second-order valence-corrected chi connectivity index (χ2v) is 9.59. The summed E-state index contributed by atoms with van der Waals surface area (Å²) < 4.78 is 10.7. The second kappa shape index (κ2) is 6.94. The topological polar surface area (TPSA) is 85.5 Å². The highest BCUT2D eigenvalue weighted by molar-refractivity contribution is 5.70. The number of carbonyl (C=O) groups excluding carboxylic acids is 1. The molecule has 4 aliphatic rings. The Balaban J connectivity index is 1.19. The summed E-state index contributed by atoms with van der Waals surface area (Å²) in [5.41, 5.74) is 1.49. The molecule has 6 rings (SSSR count). The monoisotopic (exact) mass is 396 g/mol. The third kappa shape index (κ3) is 3.70. The number of hydrogen-bond acceptors (Lipinski definition) is 6. The summed E-state index contributed by atoms with van der Waals surface area (Å²) in [4.78, 5) is 16.9. The Morgan fingerprint density at radius 3 is 2.59 bits per heavy atom. The largest absolute Gasteiger partial charge is 0.456 e. The third-order valence-electron chi connectivity index (χ3n) is 7.12. The Kier molecular flexibility index (Phi) is 4.50. The van der Waals surface area contributed by atoms with Crippen LogP contribution >= 0.6 is 0 Å². The molecule has 4 fully saturated rings. The number of nitrogens with zero attached hydrogens (tertiary/aromatic N) is 2. The summed E-state index contributed by atoms with van der Waals surface area (Å²) in [7, 11) is 0. The van der Waals surface area contributed by atoms with E-state index in [2.05, 4.69) is 17.1 Å². The molecule has 1 aromatic heterocycles. The van der Waals surface area contributed by atoms with E-state index in [1.54, 1.807) is 0 Å². The number of aryl methyl sites for hydroxylation is 1. The van der Waals surface area contributed by atoms with Gasteiger partial charge in [0.25, 0.3) is 5.89 Å². The van der Waals surface area contributed by atoms with Gasteiger partial charge in [0.1, 0.15) is 0 Å². The first kappa shape index (κ1) is 18.8. The van der Waals surface area contributed by atoms with Gasteiger partial charge in [0, 0.05) is 5.56 Å². The van der Waals surface area contributed by atoms with E-state index in [0.717, 1.165) is 44.1 Å². The van der Waals surface area contributed by atoms with Crippen molar-refractivity contribution in [3.05, 3.63) is 35.7 Å². The molecular formula is C23H28N2O4. The zero-order valence-corrected chi connectivity index (χ0v) is 16.9. The summed E-state index contributed by atoms with van der Waals surface area (Å²) in [6.07, 6.45) is 7.20. The number of hydrogen-bond donors (Lipinski definition) is 1. The van der Waals surface area contributed by atoms with Gasteiger partial charge in [-0.1, -0.05) is 36.3 Å². The summed E-state index contributed by atoms with van der Waals surface area (Å²) in [6.45, 7) is 2.10. The Bertz CT molecular complexity index is 890. The van der Waals surface area contributed by atoms with Crippen molar-refractivity contribution in [3.63, 3.8) is 0 Å². The van der Waals surface area contributed by atoms with Crippen molar-refractivity contribution in [2.24, 2.45) is 17.3 Å². The van der Waals surface area contributed by atoms with Gasteiger partial charge in [-0.2, -0.15) is 4.98 Å². The smallest absolute Gasteiger partial charge is 0.306 e. The standard InChI is InChI=1S/C23H28N2O4/c1-2-15-3-5-18(6-4-15)21-24-19(29-25-21)13-28-20(26)12-22-8-16-7-17(9-22)11-23(27,10-16)14-22/h3-6,16-17,27H,2,7-14H2,1H3/t16-,17+,22?,23?. The van der Waals surface area contributed by atoms with Gasteiger partial charge in [0.15, 0.2) is 6.61 Å². The highest BCUT2D eigenvalue weighted by Gasteiger charge is 2.57. The minimum atomic E-state index is -0.556. The van der Waals surface area contributed by atoms with Gasteiger partial charge in [0.2, 0.25) is 5.82 Å². The average Bonchev–Trinajstić information content (AvgIpc) is 3.13. The number of benzene rings is 1. The Labute approximate surface area is 170 Å². The minimum Gasteiger partial charge on any atom is -0.456 e. The van der Waals surface area contributed by atoms with Gasteiger partial charge < -0.3 is 14.4 Å². The SMILES string of the molecule is CCc1ccc(-c2noc(COC(=O)CC34C[C@@H]5C[C@@H](CC(O)(C5)C3)C4)n2)cc1. The molecule has 2 unspecified atom stereocenters. The highest BCUT2D eigenvalue weighted by atomic mass is 16.6. The molecular weight excluding hydrogens is 368 g/mol. The Hall–Kier alpha value is -2.21. The zero-order chi connectivity index (χ0) is 20.1. The summed E-state index contributed by atoms with van der Waals surface area (Å²) in [5, 5.41) is 14.8. The van der Waals surface area contributed by atoms with Crippen molar-refractivity contribution >= 4 is 5.97 Å². The fourth-order valence-corrected chi connectivity index (χ4v) is 6.43. The lowest BCUT2D eigenvalue weighted by atomic mass is 9.47. The van der Waals surface area contributed by atoms with Crippen LogP contribution in [0.4, 0.5) is 0 Å².